The van der Waals surface area contributed by atoms with Gasteiger partial charge in [0.15, 0.2) is 5.69 Å². The van der Waals surface area contributed by atoms with Gasteiger partial charge in [0.05, 0.1) is 18.8 Å². The molecule has 1 amide bonds. The maximum atomic E-state index is 10.8. The molecule has 14 heavy (non-hydrogen) atoms. The number of nitrogens with two attached hydrogens (primary N) is 2. The summed E-state index contributed by atoms with van der Waals surface area (Å²) < 4.78 is 6.68. The number of primary amides is 1. The van der Waals surface area contributed by atoms with Gasteiger partial charge in [-0.3, -0.25) is 9.48 Å². The van der Waals surface area contributed by atoms with E-state index >= 15 is 0 Å². The molecule has 0 aromatic carbocycles. The second kappa shape index (κ2) is 4.61. The number of ether oxygens (including phenoxy) is 1. The molecule has 78 valence electrons. The highest BCUT2D eigenvalue weighted by Crippen LogP contribution is 2.07. The number of hydrogen-bond donors (Lipinski definition) is 2. The quantitative estimate of drug-likeness (QED) is 0.629. The lowest BCUT2D eigenvalue weighted by Gasteiger charge is -2.00. The molecule has 4 N–H and O–H groups in total. The Morgan fingerprint density at radius 2 is 2.43 bits per heavy atom. The van der Waals surface area contributed by atoms with Crippen LogP contribution in [0.2, 0.25) is 0 Å². The second-order valence-electron chi connectivity index (χ2n) is 2.76. The van der Waals surface area contributed by atoms with Crippen LogP contribution in [0.15, 0.2) is 6.20 Å². The Morgan fingerprint density at radius 3 is 2.93 bits per heavy atom. The predicted octanol–water partition coefficient (Wildman–Crippen LogP) is -0.399. The lowest BCUT2D eigenvalue weighted by molar-refractivity contribution is 0.0994. The van der Waals surface area contributed by atoms with Crippen LogP contribution in [0.4, 0.5) is 5.69 Å². The zero-order valence-electron chi connectivity index (χ0n) is 8.06. The summed E-state index contributed by atoms with van der Waals surface area (Å²) in [4.78, 5) is 10.8. The summed E-state index contributed by atoms with van der Waals surface area (Å²) in [6.45, 7) is 3.66. The van der Waals surface area contributed by atoms with E-state index in [4.69, 9.17) is 16.2 Å². The summed E-state index contributed by atoms with van der Waals surface area (Å²) in [6.07, 6.45) is 1.57. The van der Waals surface area contributed by atoms with Gasteiger partial charge in [-0.15, -0.1) is 0 Å². The van der Waals surface area contributed by atoms with E-state index in [0.29, 0.717) is 25.4 Å². The minimum Gasteiger partial charge on any atom is -0.396 e. The maximum absolute atomic E-state index is 10.8. The van der Waals surface area contributed by atoms with Crippen LogP contribution in [0, 0.1) is 0 Å². The zero-order chi connectivity index (χ0) is 10.6. The summed E-state index contributed by atoms with van der Waals surface area (Å²) in [5.41, 5.74) is 11.0. The molecule has 0 bridgehead atoms. The van der Waals surface area contributed by atoms with Crippen molar-refractivity contribution in [3.63, 3.8) is 0 Å². The van der Waals surface area contributed by atoms with E-state index in [1.165, 1.54) is 0 Å². The molecule has 0 aliphatic carbocycles. The molecule has 0 spiro atoms. The third-order valence-corrected chi connectivity index (χ3v) is 1.69. The highest BCUT2D eigenvalue weighted by Gasteiger charge is 2.10. The Bertz CT molecular complexity index is 321. The van der Waals surface area contributed by atoms with E-state index in [1.807, 2.05) is 6.92 Å². The molecular formula is C8H14N4O2. The molecule has 1 aromatic rings. The van der Waals surface area contributed by atoms with Crippen molar-refractivity contribution in [3.05, 3.63) is 11.9 Å². The second-order valence-corrected chi connectivity index (χ2v) is 2.76. The first-order valence-corrected chi connectivity index (χ1v) is 4.35. The summed E-state index contributed by atoms with van der Waals surface area (Å²) in [5, 5.41) is 3.92. The first-order valence-electron chi connectivity index (χ1n) is 4.35. The molecule has 0 aliphatic rings. The minimum absolute atomic E-state index is 0.112. The molecule has 0 saturated heterocycles. The Kier molecular flexibility index (Phi) is 3.47. The van der Waals surface area contributed by atoms with Crippen molar-refractivity contribution < 1.29 is 9.53 Å². The number of aromatic nitrogens is 2. The fourth-order valence-corrected chi connectivity index (χ4v) is 1.05. The van der Waals surface area contributed by atoms with Gasteiger partial charge in [0.25, 0.3) is 5.91 Å². The van der Waals surface area contributed by atoms with Crippen LogP contribution < -0.4 is 11.5 Å². The van der Waals surface area contributed by atoms with Crippen LogP contribution in [-0.4, -0.2) is 28.9 Å². The molecule has 0 atom stereocenters. The predicted molar refractivity (Wildman–Crippen MR) is 51.7 cm³/mol. The number of nitrogens with zero attached hydrogens (tertiary/aromatic N) is 2. The van der Waals surface area contributed by atoms with Crippen LogP contribution in [0.25, 0.3) is 0 Å². The largest absolute Gasteiger partial charge is 0.396 e. The van der Waals surface area contributed by atoms with Gasteiger partial charge in [0.1, 0.15) is 0 Å². The fourth-order valence-electron chi connectivity index (χ4n) is 1.05. The van der Waals surface area contributed by atoms with E-state index in [-0.39, 0.29) is 5.69 Å². The van der Waals surface area contributed by atoms with Crippen molar-refractivity contribution in [1.82, 2.24) is 9.78 Å². The molecule has 1 rings (SSSR count). The van der Waals surface area contributed by atoms with Crippen molar-refractivity contribution in [1.29, 1.82) is 0 Å². The summed E-state index contributed by atoms with van der Waals surface area (Å²) in [6, 6.07) is 0. The van der Waals surface area contributed by atoms with Gasteiger partial charge in [-0.1, -0.05) is 0 Å². The van der Waals surface area contributed by atoms with E-state index in [0.717, 1.165) is 0 Å². The summed E-state index contributed by atoms with van der Waals surface area (Å²) in [7, 11) is 0. The molecule has 6 heteroatoms. The smallest absolute Gasteiger partial charge is 0.271 e. The van der Waals surface area contributed by atoms with Gasteiger partial charge >= 0.3 is 0 Å². The number of carbonyl (C=O) groups is 1. The van der Waals surface area contributed by atoms with Crippen LogP contribution in [-0.2, 0) is 11.3 Å². The van der Waals surface area contributed by atoms with Crippen LogP contribution >= 0.6 is 0 Å². The van der Waals surface area contributed by atoms with Crippen molar-refractivity contribution in [2.45, 2.75) is 13.5 Å². The monoisotopic (exact) mass is 198 g/mol. The standard InChI is InChI=1S/C8H14N4O2/c1-2-14-4-3-12-5-6(9)7(11-12)8(10)13/h5H,2-4,9H2,1H3,(H2,10,13). The van der Waals surface area contributed by atoms with Crippen molar-refractivity contribution in [2.24, 2.45) is 5.73 Å². The number of carbonyl (C=O) groups excluding carboxylic acids is 1. The first kappa shape index (κ1) is 10.5. The molecule has 0 fully saturated rings. The van der Waals surface area contributed by atoms with Crippen LogP contribution in [0.1, 0.15) is 17.4 Å². The third kappa shape index (κ3) is 2.46. The Labute approximate surface area is 81.8 Å². The average Bonchev–Trinajstić information content (AvgIpc) is 2.47. The van der Waals surface area contributed by atoms with E-state index in [1.54, 1.807) is 10.9 Å². The van der Waals surface area contributed by atoms with Gasteiger partial charge in [-0.05, 0) is 6.92 Å². The third-order valence-electron chi connectivity index (χ3n) is 1.69. The van der Waals surface area contributed by atoms with Crippen LogP contribution in [0.5, 0.6) is 0 Å². The molecule has 0 aliphatic heterocycles. The van der Waals surface area contributed by atoms with Crippen LogP contribution in [0.3, 0.4) is 0 Å². The van der Waals surface area contributed by atoms with E-state index in [2.05, 4.69) is 5.10 Å². The number of anilines is 1. The SMILES string of the molecule is CCOCCn1cc(N)c(C(N)=O)n1. The Hall–Kier alpha value is -1.56. The highest BCUT2D eigenvalue weighted by molar-refractivity contribution is 5.95. The van der Waals surface area contributed by atoms with Crippen molar-refractivity contribution >= 4 is 11.6 Å². The molecule has 1 aromatic heterocycles. The molecule has 0 saturated carbocycles. The fraction of sp³-hybridized carbons (Fsp3) is 0.500. The number of amides is 1. The molecule has 6 nitrogen and oxygen atoms in total. The van der Waals surface area contributed by atoms with Gasteiger partial charge in [0, 0.05) is 12.8 Å². The van der Waals surface area contributed by atoms with E-state index < -0.39 is 5.91 Å². The lowest BCUT2D eigenvalue weighted by atomic mass is 10.4. The highest BCUT2D eigenvalue weighted by atomic mass is 16.5. The van der Waals surface area contributed by atoms with Gasteiger partial charge in [-0.25, -0.2) is 0 Å². The zero-order valence-corrected chi connectivity index (χ0v) is 8.06. The maximum Gasteiger partial charge on any atom is 0.271 e. The Balaban J connectivity index is 2.62. The molecule has 0 radical (unpaired) electrons. The number of nitrogen functional groups attached to an aromatic ring is 1. The van der Waals surface area contributed by atoms with Gasteiger partial charge in [-0.2, -0.15) is 5.10 Å². The normalized spacial score (nSPS) is 10.4. The average molecular weight is 198 g/mol. The van der Waals surface area contributed by atoms with Crippen molar-refractivity contribution in [2.75, 3.05) is 18.9 Å². The van der Waals surface area contributed by atoms with Gasteiger partial charge < -0.3 is 16.2 Å². The van der Waals surface area contributed by atoms with Crippen molar-refractivity contribution in [3.8, 4) is 0 Å². The first-order chi connectivity index (χ1) is 6.65. The molecule has 1 heterocycles. The topological polar surface area (TPSA) is 96.2 Å². The minimum atomic E-state index is -0.613. The van der Waals surface area contributed by atoms with E-state index in [9.17, 15) is 4.79 Å². The number of hydrogen-bond acceptors (Lipinski definition) is 4. The molecule has 0 unspecified atom stereocenters. The molecular weight excluding hydrogens is 184 g/mol. The summed E-state index contributed by atoms with van der Waals surface area (Å²) >= 11 is 0. The van der Waals surface area contributed by atoms with Gasteiger partial charge in [0.2, 0.25) is 0 Å². The lowest BCUT2D eigenvalue weighted by Crippen LogP contribution is -2.14. The summed E-state index contributed by atoms with van der Waals surface area (Å²) in [5.74, 6) is -0.613. The Morgan fingerprint density at radius 1 is 1.71 bits per heavy atom. The number of rotatable bonds is 5.